The molecular weight excluding hydrogens is 296 g/mol. The van der Waals surface area contributed by atoms with Crippen molar-refractivity contribution in [2.45, 2.75) is 26.2 Å². The molecule has 1 unspecified atom stereocenters. The summed E-state index contributed by atoms with van der Waals surface area (Å²) in [6.45, 7) is 5.04. The van der Waals surface area contributed by atoms with Crippen LogP contribution in [0.4, 0.5) is 0 Å². The molecule has 0 bridgehead atoms. The zero-order chi connectivity index (χ0) is 17.0. The average molecular weight is 318 g/mol. The molecule has 0 radical (unpaired) electrons. The first kappa shape index (κ1) is 17.0. The molecule has 1 aliphatic rings. The van der Waals surface area contributed by atoms with Gasteiger partial charge in [0.05, 0.1) is 5.92 Å². The number of nitrogens with one attached hydrogen (secondary N) is 1. The predicted octanol–water partition coefficient (Wildman–Crippen LogP) is 1.47. The monoisotopic (exact) mass is 318 g/mol. The Balaban J connectivity index is 1.81. The molecule has 1 saturated heterocycles. The molecule has 1 atom stereocenters. The molecule has 0 aromatic heterocycles. The Hall–Kier alpha value is -2.37. The molecular formula is C17H22N2O4. The third kappa shape index (κ3) is 4.31. The molecule has 2 amide bonds. The van der Waals surface area contributed by atoms with Crippen LogP contribution < -0.4 is 5.32 Å². The van der Waals surface area contributed by atoms with Crippen molar-refractivity contribution in [2.24, 2.45) is 5.92 Å². The van der Waals surface area contributed by atoms with Crippen molar-refractivity contribution in [2.75, 3.05) is 19.6 Å². The van der Waals surface area contributed by atoms with Gasteiger partial charge in [0.1, 0.15) is 0 Å². The van der Waals surface area contributed by atoms with Gasteiger partial charge in [-0.25, -0.2) is 0 Å². The van der Waals surface area contributed by atoms with Crippen molar-refractivity contribution in [3.05, 3.63) is 35.4 Å². The first-order valence-electron chi connectivity index (χ1n) is 7.77. The summed E-state index contributed by atoms with van der Waals surface area (Å²) in [5.41, 5.74) is 1.74. The molecule has 0 saturated carbocycles. The Kier molecular flexibility index (Phi) is 5.36. The number of aliphatic carboxylic acids is 1. The van der Waals surface area contributed by atoms with E-state index in [0.717, 1.165) is 0 Å². The van der Waals surface area contributed by atoms with E-state index in [-0.39, 0.29) is 24.8 Å². The summed E-state index contributed by atoms with van der Waals surface area (Å²) >= 11 is 0. The number of likely N-dealkylation sites (tertiary alicyclic amines) is 1. The van der Waals surface area contributed by atoms with E-state index < -0.39 is 11.9 Å². The number of hydrogen-bond acceptors (Lipinski definition) is 3. The highest BCUT2D eigenvalue weighted by Gasteiger charge is 2.33. The normalized spacial score (nSPS) is 17.6. The van der Waals surface area contributed by atoms with Crippen LogP contribution in [0.1, 0.15) is 42.1 Å². The SMILES string of the molecule is CC(C)c1ccc(C(=O)NCCN2CC(C(=O)O)CC2=O)cc1. The van der Waals surface area contributed by atoms with Crippen molar-refractivity contribution in [3.8, 4) is 0 Å². The largest absolute Gasteiger partial charge is 0.481 e. The van der Waals surface area contributed by atoms with E-state index in [4.69, 9.17) is 5.11 Å². The van der Waals surface area contributed by atoms with Crippen LogP contribution in [0.2, 0.25) is 0 Å². The fourth-order valence-electron chi connectivity index (χ4n) is 2.58. The van der Waals surface area contributed by atoms with E-state index in [1.807, 2.05) is 12.1 Å². The standard InChI is InChI=1S/C17H22N2O4/c1-11(2)12-3-5-13(6-4-12)16(21)18-7-8-19-10-14(17(22)23)9-15(19)20/h3-6,11,14H,7-10H2,1-2H3,(H,18,21)(H,22,23). The molecule has 23 heavy (non-hydrogen) atoms. The quantitative estimate of drug-likeness (QED) is 0.831. The van der Waals surface area contributed by atoms with Crippen LogP contribution in [0.15, 0.2) is 24.3 Å². The first-order chi connectivity index (χ1) is 10.9. The second-order valence-electron chi connectivity index (χ2n) is 6.11. The molecule has 0 aliphatic carbocycles. The van der Waals surface area contributed by atoms with Gasteiger partial charge in [-0.05, 0) is 23.6 Å². The van der Waals surface area contributed by atoms with Crippen LogP contribution in [-0.4, -0.2) is 47.4 Å². The number of nitrogens with zero attached hydrogens (tertiary/aromatic N) is 1. The van der Waals surface area contributed by atoms with Gasteiger partial charge in [-0.2, -0.15) is 0 Å². The first-order valence-corrected chi connectivity index (χ1v) is 7.77. The number of carbonyl (C=O) groups is 3. The van der Waals surface area contributed by atoms with Gasteiger partial charge in [0.25, 0.3) is 5.91 Å². The highest BCUT2D eigenvalue weighted by molar-refractivity contribution is 5.94. The maximum absolute atomic E-state index is 12.0. The van der Waals surface area contributed by atoms with Crippen LogP contribution >= 0.6 is 0 Å². The Morgan fingerprint density at radius 2 is 1.96 bits per heavy atom. The molecule has 1 aliphatic heterocycles. The van der Waals surface area contributed by atoms with Gasteiger partial charge in [-0.15, -0.1) is 0 Å². The molecule has 6 nitrogen and oxygen atoms in total. The summed E-state index contributed by atoms with van der Waals surface area (Å²) in [5.74, 6) is -1.54. The van der Waals surface area contributed by atoms with Gasteiger partial charge in [0, 0.05) is 31.6 Å². The number of carboxylic acids is 1. The highest BCUT2D eigenvalue weighted by Crippen LogP contribution is 2.17. The number of carboxylic acid groups (broad SMARTS) is 1. The van der Waals surface area contributed by atoms with Gasteiger partial charge >= 0.3 is 5.97 Å². The van der Waals surface area contributed by atoms with E-state index in [0.29, 0.717) is 24.6 Å². The molecule has 1 heterocycles. The number of hydrogen-bond donors (Lipinski definition) is 2. The van der Waals surface area contributed by atoms with Gasteiger partial charge < -0.3 is 15.3 Å². The minimum Gasteiger partial charge on any atom is -0.481 e. The number of carbonyl (C=O) groups excluding carboxylic acids is 2. The summed E-state index contributed by atoms with van der Waals surface area (Å²) < 4.78 is 0. The second kappa shape index (κ2) is 7.26. The zero-order valence-electron chi connectivity index (χ0n) is 13.4. The molecule has 6 heteroatoms. The fourth-order valence-corrected chi connectivity index (χ4v) is 2.58. The number of rotatable bonds is 6. The summed E-state index contributed by atoms with van der Waals surface area (Å²) in [6.07, 6.45) is 0.0416. The Bertz CT molecular complexity index is 595. The van der Waals surface area contributed by atoms with Crippen LogP contribution in [0.5, 0.6) is 0 Å². The van der Waals surface area contributed by atoms with E-state index in [1.165, 1.54) is 10.5 Å². The topological polar surface area (TPSA) is 86.7 Å². The van der Waals surface area contributed by atoms with Crippen molar-refractivity contribution in [1.29, 1.82) is 0 Å². The summed E-state index contributed by atoms with van der Waals surface area (Å²) in [5, 5.41) is 11.7. The Morgan fingerprint density at radius 1 is 1.30 bits per heavy atom. The molecule has 124 valence electrons. The minimum atomic E-state index is -0.949. The zero-order valence-corrected chi connectivity index (χ0v) is 13.4. The molecule has 1 aromatic rings. The average Bonchev–Trinajstić information content (AvgIpc) is 2.89. The van der Waals surface area contributed by atoms with Gasteiger partial charge in [-0.1, -0.05) is 26.0 Å². The fraction of sp³-hybridized carbons (Fsp3) is 0.471. The van der Waals surface area contributed by atoms with Gasteiger partial charge in [0.2, 0.25) is 5.91 Å². The van der Waals surface area contributed by atoms with E-state index in [1.54, 1.807) is 12.1 Å². The lowest BCUT2D eigenvalue weighted by Gasteiger charge is -2.16. The molecule has 2 rings (SSSR count). The number of benzene rings is 1. The predicted molar refractivity (Wildman–Crippen MR) is 85.2 cm³/mol. The molecule has 2 N–H and O–H groups in total. The lowest BCUT2D eigenvalue weighted by molar-refractivity contribution is -0.141. The molecule has 0 spiro atoms. The molecule has 1 fully saturated rings. The maximum Gasteiger partial charge on any atom is 0.308 e. The minimum absolute atomic E-state index is 0.0416. The smallest absolute Gasteiger partial charge is 0.308 e. The van der Waals surface area contributed by atoms with Crippen LogP contribution in [0.3, 0.4) is 0 Å². The lowest BCUT2D eigenvalue weighted by Crippen LogP contribution is -2.36. The van der Waals surface area contributed by atoms with Gasteiger partial charge in [0.15, 0.2) is 0 Å². The van der Waals surface area contributed by atoms with Crippen LogP contribution in [-0.2, 0) is 9.59 Å². The van der Waals surface area contributed by atoms with Crippen LogP contribution in [0.25, 0.3) is 0 Å². The highest BCUT2D eigenvalue weighted by atomic mass is 16.4. The van der Waals surface area contributed by atoms with E-state index in [9.17, 15) is 14.4 Å². The van der Waals surface area contributed by atoms with E-state index in [2.05, 4.69) is 19.2 Å². The van der Waals surface area contributed by atoms with E-state index >= 15 is 0 Å². The van der Waals surface area contributed by atoms with Crippen molar-refractivity contribution < 1.29 is 19.5 Å². The molecule has 1 aromatic carbocycles. The summed E-state index contributed by atoms with van der Waals surface area (Å²) in [6, 6.07) is 7.43. The third-order valence-electron chi connectivity index (χ3n) is 4.07. The summed E-state index contributed by atoms with van der Waals surface area (Å²) in [7, 11) is 0. The maximum atomic E-state index is 12.0. The van der Waals surface area contributed by atoms with Gasteiger partial charge in [-0.3, -0.25) is 14.4 Å². The second-order valence-corrected chi connectivity index (χ2v) is 6.11. The van der Waals surface area contributed by atoms with Crippen molar-refractivity contribution >= 4 is 17.8 Å². The van der Waals surface area contributed by atoms with Crippen LogP contribution in [0, 0.1) is 5.92 Å². The lowest BCUT2D eigenvalue weighted by atomic mass is 10.0. The number of amides is 2. The van der Waals surface area contributed by atoms with Crippen molar-refractivity contribution in [3.63, 3.8) is 0 Å². The van der Waals surface area contributed by atoms with Crippen molar-refractivity contribution in [1.82, 2.24) is 10.2 Å². The third-order valence-corrected chi connectivity index (χ3v) is 4.07. The summed E-state index contributed by atoms with van der Waals surface area (Å²) in [4.78, 5) is 36.1. The Labute approximate surface area is 135 Å². The Morgan fingerprint density at radius 3 is 2.48 bits per heavy atom.